The Balaban J connectivity index is 2.10. The normalized spacial score (nSPS) is 17.1. The molecule has 0 aliphatic carbocycles. The van der Waals surface area contributed by atoms with Crippen LogP contribution in [0.3, 0.4) is 0 Å². The SMILES string of the molecule is Cc1ccc(S(=O)(=O)N2C(=O)C=C(CN=[N+]=[N-])CC2c2ccc(Br)cc2)cc1. The number of rotatable bonds is 5. The molecule has 1 aliphatic heterocycles. The zero-order chi connectivity index (χ0) is 20.3. The molecule has 1 aliphatic rings. The number of halogens is 1. The van der Waals surface area contributed by atoms with E-state index >= 15 is 0 Å². The monoisotopic (exact) mass is 460 g/mol. The van der Waals surface area contributed by atoms with Crippen molar-refractivity contribution in [3.05, 3.63) is 86.2 Å². The van der Waals surface area contributed by atoms with Crippen LogP contribution in [0, 0.1) is 6.92 Å². The number of benzene rings is 2. The molecule has 1 heterocycles. The van der Waals surface area contributed by atoms with Crippen LogP contribution in [0.1, 0.15) is 23.6 Å². The average molecular weight is 461 g/mol. The third-order valence-electron chi connectivity index (χ3n) is 4.45. The molecule has 0 saturated carbocycles. The van der Waals surface area contributed by atoms with E-state index in [9.17, 15) is 13.2 Å². The van der Waals surface area contributed by atoms with E-state index in [1.807, 2.05) is 6.92 Å². The molecule has 0 bridgehead atoms. The second kappa shape index (κ2) is 8.18. The van der Waals surface area contributed by atoms with Crippen LogP contribution < -0.4 is 0 Å². The minimum atomic E-state index is -4.06. The minimum Gasteiger partial charge on any atom is -0.269 e. The van der Waals surface area contributed by atoms with Gasteiger partial charge < -0.3 is 0 Å². The predicted octanol–water partition coefficient (Wildman–Crippen LogP) is 4.66. The fraction of sp³-hybridized carbons (Fsp3) is 0.211. The molecular formula is C19H17BrN4O3S. The summed E-state index contributed by atoms with van der Waals surface area (Å²) in [4.78, 5) is 15.6. The molecule has 7 nitrogen and oxygen atoms in total. The minimum absolute atomic E-state index is 0.0215. The van der Waals surface area contributed by atoms with E-state index in [-0.39, 0.29) is 17.9 Å². The van der Waals surface area contributed by atoms with E-state index in [0.717, 1.165) is 14.3 Å². The average Bonchev–Trinajstić information content (AvgIpc) is 2.66. The number of aryl methyl sites for hydroxylation is 1. The molecule has 1 atom stereocenters. The third kappa shape index (κ3) is 4.11. The van der Waals surface area contributed by atoms with Gasteiger partial charge in [0.05, 0.1) is 10.9 Å². The standard InChI is InChI=1S/C19H17BrN4O3S/c1-13-2-8-17(9-3-13)28(26,27)24-18(15-4-6-16(20)7-5-15)10-14(11-19(24)25)12-22-23-21/h2-9,11,18H,10,12H2,1H3. The second-order valence-electron chi connectivity index (χ2n) is 6.42. The summed E-state index contributed by atoms with van der Waals surface area (Å²) in [5, 5.41) is 3.51. The van der Waals surface area contributed by atoms with Crippen LogP contribution in [0.25, 0.3) is 10.4 Å². The van der Waals surface area contributed by atoms with Crippen molar-refractivity contribution < 1.29 is 13.2 Å². The highest BCUT2D eigenvalue weighted by atomic mass is 79.9. The number of carbonyl (C=O) groups excluding carboxylic acids is 1. The Bertz CT molecular complexity index is 1070. The van der Waals surface area contributed by atoms with Crippen molar-refractivity contribution in [3.63, 3.8) is 0 Å². The van der Waals surface area contributed by atoms with Crippen LogP contribution >= 0.6 is 15.9 Å². The number of hydrogen-bond acceptors (Lipinski definition) is 4. The summed E-state index contributed by atoms with van der Waals surface area (Å²) < 4.78 is 28.3. The topological polar surface area (TPSA) is 103 Å². The van der Waals surface area contributed by atoms with Crippen molar-refractivity contribution in [1.29, 1.82) is 0 Å². The van der Waals surface area contributed by atoms with Crippen LogP contribution in [0.15, 0.2) is 74.7 Å². The first kappa shape index (κ1) is 20.1. The molecule has 0 radical (unpaired) electrons. The maximum Gasteiger partial charge on any atom is 0.267 e. The number of sulfonamides is 1. The van der Waals surface area contributed by atoms with Crippen LogP contribution in [0.4, 0.5) is 0 Å². The van der Waals surface area contributed by atoms with Crippen molar-refractivity contribution in [2.24, 2.45) is 5.11 Å². The molecule has 28 heavy (non-hydrogen) atoms. The fourth-order valence-corrected chi connectivity index (χ4v) is 4.85. The van der Waals surface area contributed by atoms with Gasteiger partial charge in [-0.3, -0.25) is 4.79 Å². The quantitative estimate of drug-likeness (QED) is 0.368. The predicted molar refractivity (Wildman–Crippen MR) is 109 cm³/mol. The molecule has 0 aromatic heterocycles. The summed E-state index contributed by atoms with van der Waals surface area (Å²) in [5.41, 5.74) is 10.8. The summed E-state index contributed by atoms with van der Waals surface area (Å²) in [6.07, 6.45) is 1.51. The first-order valence-corrected chi connectivity index (χ1v) is 10.7. The zero-order valence-electron chi connectivity index (χ0n) is 15.0. The van der Waals surface area contributed by atoms with Crippen molar-refractivity contribution >= 4 is 31.9 Å². The van der Waals surface area contributed by atoms with Gasteiger partial charge in [0, 0.05) is 22.0 Å². The molecule has 3 rings (SSSR count). The fourth-order valence-electron chi connectivity index (χ4n) is 3.06. The molecule has 0 saturated heterocycles. The van der Waals surface area contributed by atoms with E-state index < -0.39 is 22.0 Å². The molecule has 0 spiro atoms. The van der Waals surface area contributed by atoms with Gasteiger partial charge in [-0.1, -0.05) is 56.4 Å². The van der Waals surface area contributed by atoms with E-state index in [1.165, 1.54) is 18.2 Å². The van der Waals surface area contributed by atoms with Crippen LogP contribution in [0.2, 0.25) is 0 Å². The van der Waals surface area contributed by atoms with Crippen molar-refractivity contribution in [1.82, 2.24) is 4.31 Å². The summed E-state index contributed by atoms with van der Waals surface area (Å²) >= 11 is 3.36. The number of amides is 1. The lowest BCUT2D eigenvalue weighted by Gasteiger charge is -2.34. The second-order valence-corrected chi connectivity index (χ2v) is 9.15. The van der Waals surface area contributed by atoms with Gasteiger partial charge >= 0.3 is 0 Å². The summed E-state index contributed by atoms with van der Waals surface area (Å²) in [6, 6.07) is 12.8. The number of carbonyl (C=O) groups is 1. The van der Waals surface area contributed by atoms with E-state index in [2.05, 4.69) is 26.0 Å². The van der Waals surface area contributed by atoms with Crippen molar-refractivity contribution in [2.45, 2.75) is 24.3 Å². The molecule has 0 N–H and O–H groups in total. The maximum atomic E-state index is 13.3. The largest absolute Gasteiger partial charge is 0.269 e. The Hall–Kier alpha value is -2.61. The summed E-state index contributed by atoms with van der Waals surface area (Å²) in [6.45, 7) is 1.88. The molecule has 2 aromatic carbocycles. The lowest BCUT2D eigenvalue weighted by atomic mass is 9.95. The van der Waals surface area contributed by atoms with Crippen molar-refractivity contribution in [3.8, 4) is 0 Å². The Morgan fingerprint density at radius 2 is 1.82 bits per heavy atom. The molecule has 1 amide bonds. The Labute approximate surface area is 171 Å². The molecule has 9 heteroatoms. The van der Waals surface area contributed by atoms with Gasteiger partial charge in [-0.2, -0.15) is 0 Å². The van der Waals surface area contributed by atoms with Gasteiger partial charge in [0.25, 0.3) is 15.9 Å². The van der Waals surface area contributed by atoms with Crippen LogP contribution in [0.5, 0.6) is 0 Å². The Morgan fingerprint density at radius 3 is 2.43 bits per heavy atom. The number of azide groups is 1. The Kier molecular flexibility index (Phi) is 5.88. The lowest BCUT2D eigenvalue weighted by Crippen LogP contribution is -2.42. The molecule has 144 valence electrons. The highest BCUT2D eigenvalue weighted by Gasteiger charge is 2.38. The van der Waals surface area contributed by atoms with Crippen LogP contribution in [-0.4, -0.2) is 25.2 Å². The maximum absolute atomic E-state index is 13.3. The van der Waals surface area contributed by atoms with Crippen LogP contribution in [-0.2, 0) is 14.8 Å². The molecular weight excluding hydrogens is 444 g/mol. The van der Waals surface area contributed by atoms with Gasteiger partial charge in [0.15, 0.2) is 0 Å². The summed E-state index contributed by atoms with van der Waals surface area (Å²) in [7, 11) is -4.06. The van der Waals surface area contributed by atoms with E-state index in [0.29, 0.717) is 11.1 Å². The lowest BCUT2D eigenvalue weighted by molar-refractivity contribution is -0.123. The highest BCUT2D eigenvalue weighted by molar-refractivity contribution is 9.10. The first-order valence-electron chi connectivity index (χ1n) is 8.44. The third-order valence-corrected chi connectivity index (χ3v) is 6.80. The van der Waals surface area contributed by atoms with Gasteiger partial charge in [0.1, 0.15) is 0 Å². The first-order chi connectivity index (χ1) is 13.3. The molecule has 0 fully saturated rings. The molecule has 1 unspecified atom stereocenters. The van der Waals surface area contributed by atoms with E-state index in [4.69, 9.17) is 5.53 Å². The zero-order valence-corrected chi connectivity index (χ0v) is 17.4. The Morgan fingerprint density at radius 1 is 1.18 bits per heavy atom. The van der Waals surface area contributed by atoms with Gasteiger partial charge in [-0.25, -0.2) is 12.7 Å². The van der Waals surface area contributed by atoms with Gasteiger partial charge in [-0.15, -0.1) is 0 Å². The smallest absolute Gasteiger partial charge is 0.267 e. The van der Waals surface area contributed by atoms with Gasteiger partial charge in [0.2, 0.25) is 0 Å². The number of nitrogens with zero attached hydrogens (tertiary/aromatic N) is 4. The highest BCUT2D eigenvalue weighted by Crippen LogP contribution is 2.37. The van der Waals surface area contributed by atoms with Gasteiger partial charge in [-0.05, 0) is 48.7 Å². The number of hydrogen-bond donors (Lipinski definition) is 0. The van der Waals surface area contributed by atoms with E-state index in [1.54, 1.807) is 36.4 Å². The van der Waals surface area contributed by atoms with Crippen molar-refractivity contribution in [2.75, 3.05) is 6.54 Å². The molecule has 2 aromatic rings. The summed E-state index contributed by atoms with van der Waals surface area (Å²) in [5.74, 6) is -0.650.